The molecule has 82 valence electrons. The summed E-state index contributed by atoms with van der Waals surface area (Å²) in [6, 6.07) is 0. The molecule has 14 heavy (non-hydrogen) atoms. The van der Waals surface area contributed by atoms with Crippen LogP contribution < -0.4 is 0 Å². The molecule has 2 fully saturated rings. The first-order valence-electron chi connectivity index (χ1n) is 5.84. The zero-order chi connectivity index (χ0) is 9.97. The van der Waals surface area contributed by atoms with E-state index in [1.807, 2.05) is 0 Å². The second kappa shape index (κ2) is 4.60. The van der Waals surface area contributed by atoms with Gasteiger partial charge in [0.15, 0.2) is 0 Å². The molecule has 1 N–H and O–H groups in total. The summed E-state index contributed by atoms with van der Waals surface area (Å²) in [5, 5.41) is 9.84. The number of β-amino-alcohol motifs (C(OH)–C–C–N with tert-alkyl or cyclic N) is 1. The number of aliphatic hydroxyl groups is 1. The van der Waals surface area contributed by atoms with E-state index in [0.29, 0.717) is 5.92 Å². The van der Waals surface area contributed by atoms with E-state index in [2.05, 4.69) is 16.8 Å². The van der Waals surface area contributed by atoms with Gasteiger partial charge in [-0.2, -0.15) is 0 Å². The largest absolute Gasteiger partial charge is 0.392 e. The smallest absolute Gasteiger partial charge is 0.0695 e. The second-order valence-corrected chi connectivity index (χ2v) is 4.86. The average molecular weight is 198 g/mol. The molecule has 1 saturated carbocycles. The van der Waals surface area contributed by atoms with Crippen molar-refractivity contribution in [2.75, 3.05) is 39.8 Å². The van der Waals surface area contributed by atoms with Gasteiger partial charge in [0, 0.05) is 19.6 Å². The summed E-state index contributed by atoms with van der Waals surface area (Å²) in [7, 11) is 2.18. The molecule has 0 aromatic carbocycles. The molecule has 0 aromatic rings. The Bertz CT molecular complexity index is 182. The lowest BCUT2D eigenvalue weighted by Crippen LogP contribution is -2.36. The van der Waals surface area contributed by atoms with Crippen LogP contribution in [-0.4, -0.2) is 60.8 Å². The van der Waals surface area contributed by atoms with E-state index in [4.69, 9.17) is 0 Å². The lowest BCUT2D eigenvalue weighted by atomic mass is 10.2. The van der Waals surface area contributed by atoms with Crippen molar-refractivity contribution in [1.29, 1.82) is 0 Å². The average Bonchev–Trinajstić information content (AvgIpc) is 2.94. The van der Waals surface area contributed by atoms with Crippen LogP contribution in [-0.2, 0) is 0 Å². The van der Waals surface area contributed by atoms with Crippen molar-refractivity contribution in [2.24, 2.45) is 5.92 Å². The predicted octanol–water partition coefficient (Wildman–Crippen LogP) is 0.395. The Hall–Kier alpha value is -0.120. The van der Waals surface area contributed by atoms with Gasteiger partial charge in [0.05, 0.1) is 6.10 Å². The molecule has 3 nitrogen and oxygen atoms in total. The molecule has 0 radical (unpaired) electrons. The summed E-state index contributed by atoms with van der Waals surface area (Å²) < 4.78 is 0. The molecule has 1 aliphatic heterocycles. The molecule has 1 saturated heterocycles. The molecule has 1 aliphatic carbocycles. The lowest BCUT2D eigenvalue weighted by molar-refractivity contribution is 0.0970. The second-order valence-electron chi connectivity index (χ2n) is 4.86. The molecular weight excluding hydrogens is 176 g/mol. The Balaban J connectivity index is 1.73. The van der Waals surface area contributed by atoms with Crippen LogP contribution in [0.1, 0.15) is 19.3 Å². The van der Waals surface area contributed by atoms with Crippen LogP contribution in [0.2, 0.25) is 0 Å². The minimum absolute atomic E-state index is 0.0570. The fraction of sp³-hybridized carbons (Fsp3) is 1.00. The number of hydrogen-bond donors (Lipinski definition) is 1. The zero-order valence-corrected chi connectivity index (χ0v) is 9.15. The molecule has 1 unspecified atom stereocenters. The van der Waals surface area contributed by atoms with Gasteiger partial charge in [0.2, 0.25) is 0 Å². The first-order chi connectivity index (χ1) is 6.75. The molecule has 0 bridgehead atoms. The summed E-state index contributed by atoms with van der Waals surface area (Å²) in [6.45, 7) is 5.54. The molecule has 0 aromatic heterocycles. The lowest BCUT2D eigenvalue weighted by Gasteiger charge is -2.23. The number of nitrogens with zero attached hydrogens (tertiary/aromatic N) is 2. The van der Waals surface area contributed by atoms with Gasteiger partial charge < -0.3 is 10.0 Å². The quantitative estimate of drug-likeness (QED) is 0.711. The first-order valence-corrected chi connectivity index (χ1v) is 5.84. The van der Waals surface area contributed by atoms with Gasteiger partial charge in [-0.25, -0.2) is 0 Å². The van der Waals surface area contributed by atoms with Gasteiger partial charge >= 0.3 is 0 Å². The summed E-state index contributed by atoms with van der Waals surface area (Å²) in [6.07, 6.45) is 3.68. The predicted molar refractivity (Wildman–Crippen MR) is 57.3 cm³/mol. The van der Waals surface area contributed by atoms with Gasteiger partial charge in [0.25, 0.3) is 0 Å². The van der Waals surface area contributed by atoms with E-state index in [1.54, 1.807) is 0 Å². The standard InChI is InChI=1S/C11H22N2O/c1-12-5-2-6-13(8-7-12)9-11(14)10-3-4-10/h10-11,14H,2-9H2,1H3. The fourth-order valence-corrected chi connectivity index (χ4v) is 2.18. The first kappa shape index (κ1) is 10.4. The Morgan fingerprint density at radius 2 is 2.00 bits per heavy atom. The van der Waals surface area contributed by atoms with E-state index in [1.165, 1.54) is 25.8 Å². The van der Waals surface area contributed by atoms with E-state index in [-0.39, 0.29) is 6.10 Å². The van der Waals surface area contributed by atoms with Gasteiger partial charge in [-0.05, 0) is 45.3 Å². The SMILES string of the molecule is CN1CCCN(CC(O)C2CC2)CC1. The molecule has 2 aliphatic rings. The maximum Gasteiger partial charge on any atom is 0.0695 e. The van der Waals surface area contributed by atoms with Crippen LogP contribution in [0.25, 0.3) is 0 Å². The molecule has 2 rings (SSSR count). The highest BCUT2D eigenvalue weighted by atomic mass is 16.3. The monoisotopic (exact) mass is 198 g/mol. The molecule has 1 atom stereocenters. The molecule has 1 heterocycles. The van der Waals surface area contributed by atoms with Crippen molar-refractivity contribution in [2.45, 2.75) is 25.4 Å². The van der Waals surface area contributed by atoms with Crippen LogP contribution in [0.15, 0.2) is 0 Å². The minimum Gasteiger partial charge on any atom is -0.392 e. The van der Waals surface area contributed by atoms with Crippen LogP contribution in [0.3, 0.4) is 0 Å². The van der Waals surface area contributed by atoms with Gasteiger partial charge in [0.1, 0.15) is 0 Å². The molecule has 3 heteroatoms. The Morgan fingerprint density at radius 1 is 1.21 bits per heavy atom. The molecule has 0 spiro atoms. The topological polar surface area (TPSA) is 26.7 Å². The third kappa shape index (κ3) is 2.94. The molecular formula is C11H22N2O. The highest BCUT2D eigenvalue weighted by Gasteiger charge is 2.30. The number of aliphatic hydroxyl groups excluding tert-OH is 1. The fourth-order valence-electron chi connectivity index (χ4n) is 2.18. The Morgan fingerprint density at radius 3 is 2.71 bits per heavy atom. The summed E-state index contributed by atoms with van der Waals surface area (Å²) >= 11 is 0. The van der Waals surface area contributed by atoms with E-state index in [0.717, 1.165) is 26.2 Å². The van der Waals surface area contributed by atoms with E-state index >= 15 is 0 Å². The number of rotatable bonds is 3. The van der Waals surface area contributed by atoms with E-state index < -0.39 is 0 Å². The third-order valence-electron chi connectivity index (χ3n) is 3.42. The normalized spacial score (nSPS) is 28.7. The third-order valence-corrected chi connectivity index (χ3v) is 3.42. The van der Waals surface area contributed by atoms with Crippen LogP contribution >= 0.6 is 0 Å². The summed E-state index contributed by atoms with van der Waals surface area (Å²) in [4.78, 5) is 4.80. The highest BCUT2D eigenvalue weighted by molar-refractivity contribution is 4.83. The Labute approximate surface area is 86.7 Å². The van der Waals surface area contributed by atoms with Gasteiger partial charge in [-0.3, -0.25) is 4.90 Å². The number of hydrogen-bond acceptors (Lipinski definition) is 3. The van der Waals surface area contributed by atoms with Crippen molar-refractivity contribution in [3.8, 4) is 0 Å². The maximum atomic E-state index is 9.84. The Kier molecular flexibility index (Phi) is 3.42. The zero-order valence-electron chi connectivity index (χ0n) is 9.15. The maximum absolute atomic E-state index is 9.84. The van der Waals surface area contributed by atoms with Crippen molar-refractivity contribution in [1.82, 2.24) is 9.80 Å². The van der Waals surface area contributed by atoms with Crippen molar-refractivity contribution >= 4 is 0 Å². The van der Waals surface area contributed by atoms with Crippen molar-refractivity contribution in [3.05, 3.63) is 0 Å². The van der Waals surface area contributed by atoms with Crippen LogP contribution in [0.4, 0.5) is 0 Å². The summed E-state index contributed by atoms with van der Waals surface area (Å²) in [5.74, 6) is 0.621. The minimum atomic E-state index is -0.0570. The molecule has 0 amide bonds. The van der Waals surface area contributed by atoms with Crippen LogP contribution in [0.5, 0.6) is 0 Å². The van der Waals surface area contributed by atoms with Gasteiger partial charge in [-0.1, -0.05) is 0 Å². The van der Waals surface area contributed by atoms with Gasteiger partial charge in [-0.15, -0.1) is 0 Å². The highest BCUT2D eigenvalue weighted by Crippen LogP contribution is 2.32. The van der Waals surface area contributed by atoms with E-state index in [9.17, 15) is 5.11 Å². The summed E-state index contributed by atoms with van der Waals surface area (Å²) in [5.41, 5.74) is 0. The van der Waals surface area contributed by atoms with Crippen molar-refractivity contribution in [3.63, 3.8) is 0 Å². The number of likely N-dealkylation sites (N-methyl/N-ethyl adjacent to an activating group) is 1. The van der Waals surface area contributed by atoms with Crippen molar-refractivity contribution < 1.29 is 5.11 Å². The van der Waals surface area contributed by atoms with Crippen LogP contribution in [0, 0.1) is 5.92 Å².